The molecule has 0 aliphatic carbocycles. The molecule has 31 heavy (non-hydrogen) atoms. The molecule has 3 aromatic rings. The predicted molar refractivity (Wildman–Crippen MR) is 107 cm³/mol. The Kier molecular flexibility index (Phi) is 3.69. The van der Waals surface area contributed by atoms with Crippen molar-refractivity contribution in [1.29, 1.82) is 5.26 Å². The molecule has 9 heteroatoms. The van der Waals surface area contributed by atoms with Crippen molar-refractivity contribution >= 4 is 28.5 Å². The zero-order valence-electron chi connectivity index (χ0n) is 15.8. The van der Waals surface area contributed by atoms with Crippen LogP contribution in [0.1, 0.15) is 11.1 Å². The summed E-state index contributed by atoms with van der Waals surface area (Å²) in [6.45, 7) is -0.661. The highest BCUT2D eigenvalue weighted by atomic mass is 16.5. The first kappa shape index (κ1) is 18.4. The molecular weight excluding hydrogens is 402 g/mol. The molecule has 2 aliphatic heterocycles. The Morgan fingerprint density at radius 3 is 2.61 bits per heavy atom. The number of benzene rings is 2. The van der Waals surface area contributed by atoms with Crippen molar-refractivity contribution in [2.45, 2.75) is 5.41 Å². The van der Waals surface area contributed by atoms with Gasteiger partial charge in [-0.15, -0.1) is 0 Å². The number of carbonyl (C=O) groups excluding carboxylic acids is 1. The minimum atomic E-state index is -1.98. The molecule has 3 heterocycles. The molecule has 0 unspecified atom stereocenters. The van der Waals surface area contributed by atoms with Crippen molar-refractivity contribution < 1.29 is 23.8 Å². The van der Waals surface area contributed by atoms with Gasteiger partial charge in [-0.2, -0.15) is 5.26 Å². The normalized spacial score (nSPS) is 19.2. The SMILES string of the molecule is N#CC1=C(N)Oc2c(c(=O)oc3ccccc23)[C@@]12C(=O)N(CC(=O)O)c1ccccc12. The van der Waals surface area contributed by atoms with Gasteiger partial charge in [0, 0.05) is 11.3 Å². The summed E-state index contributed by atoms with van der Waals surface area (Å²) in [5.41, 5.74) is 3.45. The Bertz CT molecular complexity index is 1450. The maximum absolute atomic E-state index is 13.8. The number of carboxylic acid groups (broad SMARTS) is 1. The van der Waals surface area contributed by atoms with Crippen molar-refractivity contribution in [2.75, 3.05) is 11.4 Å². The molecule has 3 N–H and O–H groups in total. The number of hydrogen-bond acceptors (Lipinski definition) is 7. The summed E-state index contributed by atoms with van der Waals surface area (Å²) in [5, 5.41) is 19.7. The van der Waals surface area contributed by atoms with E-state index in [4.69, 9.17) is 14.9 Å². The van der Waals surface area contributed by atoms with E-state index in [0.29, 0.717) is 5.39 Å². The Morgan fingerprint density at radius 1 is 1.16 bits per heavy atom. The second-order valence-electron chi connectivity index (χ2n) is 7.10. The van der Waals surface area contributed by atoms with Crippen LogP contribution in [0.2, 0.25) is 0 Å². The van der Waals surface area contributed by atoms with E-state index in [9.17, 15) is 24.8 Å². The Balaban J connectivity index is 1.97. The van der Waals surface area contributed by atoms with Crippen LogP contribution in [0.25, 0.3) is 11.0 Å². The number of hydrogen-bond donors (Lipinski definition) is 2. The molecule has 0 fully saturated rings. The number of para-hydroxylation sites is 2. The van der Waals surface area contributed by atoms with E-state index >= 15 is 0 Å². The number of nitriles is 1. The van der Waals surface area contributed by atoms with Crippen LogP contribution in [0, 0.1) is 11.3 Å². The molecule has 9 nitrogen and oxygen atoms in total. The topological polar surface area (TPSA) is 147 Å². The number of aliphatic carboxylic acids is 1. The first-order valence-electron chi connectivity index (χ1n) is 9.19. The average molecular weight is 415 g/mol. The zero-order valence-corrected chi connectivity index (χ0v) is 15.8. The van der Waals surface area contributed by atoms with E-state index < -0.39 is 29.5 Å². The Morgan fingerprint density at radius 2 is 1.87 bits per heavy atom. The van der Waals surface area contributed by atoms with Crippen LogP contribution in [-0.2, 0) is 15.0 Å². The fourth-order valence-electron chi connectivity index (χ4n) is 4.39. The van der Waals surface area contributed by atoms with Crippen LogP contribution in [0.3, 0.4) is 0 Å². The van der Waals surface area contributed by atoms with Gasteiger partial charge in [0.05, 0.1) is 5.39 Å². The molecular formula is C22H13N3O6. The minimum absolute atomic E-state index is 0.00341. The van der Waals surface area contributed by atoms with Crippen molar-refractivity contribution in [2.24, 2.45) is 5.73 Å². The maximum atomic E-state index is 13.8. The van der Waals surface area contributed by atoms with Crippen molar-refractivity contribution in [3.8, 4) is 11.8 Å². The summed E-state index contributed by atoms with van der Waals surface area (Å²) in [4.78, 5) is 39.5. The van der Waals surface area contributed by atoms with Crippen LogP contribution in [0.15, 0.2) is 69.2 Å². The lowest BCUT2D eigenvalue weighted by molar-refractivity contribution is -0.136. The number of nitrogens with zero attached hydrogens (tertiary/aromatic N) is 2. The predicted octanol–water partition coefficient (Wildman–Crippen LogP) is 1.60. The average Bonchev–Trinajstić information content (AvgIpc) is 2.97. The summed E-state index contributed by atoms with van der Waals surface area (Å²) in [7, 11) is 0. The van der Waals surface area contributed by atoms with Gasteiger partial charge in [-0.1, -0.05) is 30.3 Å². The number of nitrogens with two attached hydrogens (primary N) is 1. The van der Waals surface area contributed by atoms with Crippen molar-refractivity contribution in [1.82, 2.24) is 0 Å². The van der Waals surface area contributed by atoms with Crippen molar-refractivity contribution in [3.05, 3.63) is 81.5 Å². The molecule has 152 valence electrons. The number of rotatable bonds is 2. The first-order chi connectivity index (χ1) is 14.9. The number of amides is 1. The molecule has 0 saturated heterocycles. The van der Waals surface area contributed by atoms with Crippen LogP contribution in [-0.4, -0.2) is 23.5 Å². The Labute approximate surface area is 174 Å². The Hall–Kier alpha value is -4.58. The molecule has 1 aromatic heterocycles. The van der Waals surface area contributed by atoms with E-state index in [-0.39, 0.29) is 39.6 Å². The molecule has 2 aliphatic rings. The largest absolute Gasteiger partial charge is 0.480 e. The van der Waals surface area contributed by atoms with E-state index in [1.165, 1.54) is 0 Å². The highest BCUT2D eigenvalue weighted by molar-refractivity contribution is 6.16. The first-order valence-corrected chi connectivity index (χ1v) is 9.19. The van der Waals surface area contributed by atoms with Crippen molar-refractivity contribution in [3.63, 3.8) is 0 Å². The van der Waals surface area contributed by atoms with E-state index in [0.717, 1.165) is 4.90 Å². The molecule has 0 saturated carbocycles. The van der Waals surface area contributed by atoms with Gasteiger partial charge in [0.15, 0.2) is 11.2 Å². The van der Waals surface area contributed by atoms with Gasteiger partial charge in [0.2, 0.25) is 11.8 Å². The van der Waals surface area contributed by atoms with Gasteiger partial charge in [0.25, 0.3) is 0 Å². The second-order valence-corrected chi connectivity index (χ2v) is 7.10. The summed E-state index contributed by atoms with van der Waals surface area (Å²) in [6, 6.07) is 14.8. The smallest absolute Gasteiger partial charge is 0.345 e. The van der Waals surface area contributed by atoms with Crippen LogP contribution in [0.4, 0.5) is 5.69 Å². The summed E-state index contributed by atoms with van der Waals surface area (Å²) >= 11 is 0. The molecule has 1 amide bonds. The molecule has 1 spiro atoms. The van der Waals surface area contributed by atoms with Crippen LogP contribution in [0.5, 0.6) is 5.75 Å². The van der Waals surface area contributed by atoms with E-state index in [2.05, 4.69) is 0 Å². The maximum Gasteiger partial charge on any atom is 0.345 e. The lowest BCUT2D eigenvalue weighted by atomic mass is 9.69. The quantitative estimate of drug-likeness (QED) is 0.600. The van der Waals surface area contributed by atoms with Crippen LogP contribution >= 0.6 is 0 Å². The van der Waals surface area contributed by atoms with Gasteiger partial charge < -0.3 is 20.0 Å². The summed E-state index contributed by atoms with van der Waals surface area (Å²) in [5.74, 6) is -2.38. The lowest BCUT2D eigenvalue weighted by Gasteiger charge is -2.33. The number of fused-ring (bicyclic) bond motifs is 6. The minimum Gasteiger partial charge on any atom is -0.480 e. The number of carboxylic acids is 1. The standard InChI is InChI=1S/C22H13N3O6/c23-9-13-19(24)31-18-11-5-1-4-8-15(11)30-20(28)17(18)22(13)12-6-2-3-7-14(12)25(21(22)29)10-16(26)27/h1-8H,10,24H2,(H,26,27)/t22-/m0/s1. The summed E-state index contributed by atoms with van der Waals surface area (Å²) in [6.07, 6.45) is 0. The molecule has 1 atom stereocenters. The van der Waals surface area contributed by atoms with E-state index in [1.807, 2.05) is 6.07 Å². The number of ether oxygens (including phenoxy) is 1. The number of anilines is 1. The molecule has 0 radical (unpaired) electrons. The second kappa shape index (κ2) is 6.21. The number of carbonyl (C=O) groups is 2. The third-order valence-corrected chi connectivity index (χ3v) is 5.54. The molecule has 0 bridgehead atoms. The van der Waals surface area contributed by atoms with Gasteiger partial charge in [-0.25, -0.2) is 4.79 Å². The third kappa shape index (κ3) is 2.21. The highest BCUT2D eigenvalue weighted by Gasteiger charge is 2.61. The molecule has 5 rings (SSSR count). The third-order valence-electron chi connectivity index (χ3n) is 5.54. The fraction of sp³-hybridized carbons (Fsp3) is 0.0909. The van der Waals surface area contributed by atoms with Gasteiger partial charge in [-0.05, 0) is 18.2 Å². The monoisotopic (exact) mass is 415 g/mol. The fourth-order valence-corrected chi connectivity index (χ4v) is 4.39. The van der Waals surface area contributed by atoms with Crippen LogP contribution < -0.4 is 21.0 Å². The van der Waals surface area contributed by atoms with Gasteiger partial charge in [-0.3, -0.25) is 14.5 Å². The van der Waals surface area contributed by atoms with Gasteiger partial charge in [0.1, 0.15) is 29.3 Å². The van der Waals surface area contributed by atoms with E-state index in [1.54, 1.807) is 48.5 Å². The molecule has 2 aromatic carbocycles. The highest BCUT2D eigenvalue weighted by Crippen LogP contribution is 2.55. The van der Waals surface area contributed by atoms with Gasteiger partial charge >= 0.3 is 11.6 Å². The summed E-state index contributed by atoms with van der Waals surface area (Å²) < 4.78 is 11.1. The lowest BCUT2D eigenvalue weighted by Crippen LogP contribution is -2.49. The zero-order chi connectivity index (χ0) is 21.9.